The van der Waals surface area contributed by atoms with Crippen molar-refractivity contribution in [2.45, 2.75) is 38.5 Å². The Morgan fingerprint density at radius 1 is 0.373 bits per heavy atom. The van der Waals surface area contributed by atoms with Crippen LogP contribution in [0.4, 0.5) is 0 Å². The first-order chi connectivity index (χ1) is 28.8. The maximum absolute atomic E-state index is 5.22. The van der Waals surface area contributed by atoms with E-state index in [4.69, 9.17) is 4.98 Å². The molecule has 0 atom stereocenters. The van der Waals surface area contributed by atoms with Crippen LogP contribution in [0.2, 0.25) is 0 Å². The zero-order valence-corrected chi connectivity index (χ0v) is 33.7. The van der Waals surface area contributed by atoms with Crippen molar-refractivity contribution in [3.63, 3.8) is 0 Å². The van der Waals surface area contributed by atoms with E-state index in [1.165, 1.54) is 88.3 Å². The third-order valence-electron chi connectivity index (χ3n) is 13.6. The van der Waals surface area contributed by atoms with Crippen LogP contribution in [-0.4, -0.2) is 9.55 Å². The normalized spacial score (nSPS) is 14.4. The summed E-state index contributed by atoms with van der Waals surface area (Å²) in [5, 5.41) is 5.14. The Morgan fingerprint density at radius 2 is 0.814 bits per heavy atom. The molecule has 0 saturated carbocycles. The van der Waals surface area contributed by atoms with Crippen LogP contribution in [0, 0.1) is 0 Å². The summed E-state index contributed by atoms with van der Waals surface area (Å²) in [4.78, 5) is 5.22. The lowest BCUT2D eigenvalue weighted by Crippen LogP contribution is -2.15. The lowest BCUT2D eigenvalue weighted by Gasteiger charge is -2.25. The van der Waals surface area contributed by atoms with Crippen molar-refractivity contribution in [1.29, 1.82) is 0 Å². The second-order valence-electron chi connectivity index (χ2n) is 17.5. The van der Waals surface area contributed by atoms with Crippen molar-refractivity contribution in [2.75, 3.05) is 0 Å². The molecule has 0 radical (unpaired) electrons. The van der Waals surface area contributed by atoms with Crippen LogP contribution in [0.15, 0.2) is 182 Å². The first kappa shape index (κ1) is 34.0. The highest BCUT2D eigenvalue weighted by molar-refractivity contribution is 6.23. The number of aromatic nitrogens is 2. The Kier molecular flexibility index (Phi) is 7.06. The smallest absolute Gasteiger partial charge is 0.145 e. The minimum absolute atomic E-state index is 0.129. The minimum atomic E-state index is -0.138. The van der Waals surface area contributed by atoms with E-state index in [0.717, 1.165) is 28.1 Å². The fourth-order valence-electron chi connectivity index (χ4n) is 10.7. The van der Waals surface area contributed by atoms with Crippen LogP contribution < -0.4 is 0 Å². The van der Waals surface area contributed by atoms with Crippen molar-refractivity contribution >= 4 is 32.6 Å². The summed E-state index contributed by atoms with van der Waals surface area (Å²) >= 11 is 0. The molecule has 0 bridgehead atoms. The number of hydrogen-bond acceptors (Lipinski definition) is 1. The van der Waals surface area contributed by atoms with Crippen molar-refractivity contribution in [3.8, 4) is 61.6 Å². The largest absolute Gasteiger partial charge is 0.292 e. The predicted octanol–water partition coefficient (Wildman–Crippen LogP) is 14.9. The van der Waals surface area contributed by atoms with Crippen LogP contribution in [0.1, 0.15) is 49.9 Å². The molecule has 1 heterocycles. The van der Waals surface area contributed by atoms with E-state index in [0.29, 0.717) is 0 Å². The third-order valence-corrected chi connectivity index (χ3v) is 13.6. The quantitative estimate of drug-likeness (QED) is 0.164. The van der Waals surface area contributed by atoms with E-state index in [9.17, 15) is 0 Å². The molecule has 9 aromatic carbocycles. The fourth-order valence-corrected chi connectivity index (χ4v) is 10.7. The zero-order valence-electron chi connectivity index (χ0n) is 33.7. The van der Waals surface area contributed by atoms with Crippen LogP contribution >= 0.6 is 0 Å². The van der Waals surface area contributed by atoms with Gasteiger partial charge in [0.15, 0.2) is 0 Å². The van der Waals surface area contributed by atoms with E-state index < -0.39 is 0 Å². The summed E-state index contributed by atoms with van der Waals surface area (Å²) in [7, 11) is 0. The summed E-state index contributed by atoms with van der Waals surface area (Å²) < 4.78 is 2.29. The molecule has 0 amide bonds. The minimum Gasteiger partial charge on any atom is -0.292 e. The standard InChI is InChI=1S/C57H42N2/c1-56(2)48-24-14-12-22-40(48)42-32-44-45(33-49(42)56)53(35-17-7-5-8-18-35)43-31-41-39-21-11-13-23-47(39)57(3,4)50(41)34-46(43)54(44)36-27-29-37(30-28-36)55-58-51-25-15-16-26-52(51)59(55)38-19-9-6-10-20-38/h5-34H,1-4H3. The maximum atomic E-state index is 5.22. The van der Waals surface area contributed by atoms with Crippen LogP contribution in [0.25, 0.3) is 94.2 Å². The van der Waals surface area contributed by atoms with Gasteiger partial charge in [0.05, 0.1) is 11.0 Å². The van der Waals surface area contributed by atoms with Gasteiger partial charge in [0.1, 0.15) is 5.82 Å². The molecule has 2 aliphatic rings. The van der Waals surface area contributed by atoms with E-state index in [2.05, 4.69) is 214 Å². The molecule has 0 aliphatic heterocycles. The first-order valence-electron chi connectivity index (χ1n) is 20.8. The van der Waals surface area contributed by atoms with Gasteiger partial charge in [-0.05, 0) is 137 Å². The van der Waals surface area contributed by atoms with Crippen molar-refractivity contribution in [2.24, 2.45) is 0 Å². The molecule has 2 heteroatoms. The Hall–Kier alpha value is -7.03. The summed E-state index contributed by atoms with van der Waals surface area (Å²) in [6, 6.07) is 67.5. The van der Waals surface area contributed by atoms with Crippen LogP contribution in [0.3, 0.4) is 0 Å². The van der Waals surface area contributed by atoms with Gasteiger partial charge < -0.3 is 0 Å². The highest BCUT2D eigenvalue weighted by Gasteiger charge is 2.38. The van der Waals surface area contributed by atoms with Gasteiger partial charge in [-0.1, -0.05) is 161 Å². The van der Waals surface area contributed by atoms with Gasteiger partial charge in [-0.25, -0.2) is 4.98 Å². The number of rotatable bonds is 4. The molecule has 0 N–H and O–H groups in total. The zero-order chi connectivity index (χ0) is 39.6. The van der Waals surface area contributed by atoms with Crippen LogP contribution in [0.5, 0.6) is 0 Å². The molecule has 59 heavy (non-hydrogen) atoms. The molecule has 12 rings (SSSR count). The summed E-state index contributed by atoms with van der Waals surface area (Å²) in [5.41, 5.74) is 19.9. The first-order valence-corrected chi connectivity index (χ1v) is 20.8. The molecule has 1 aromatic heterocycles. The van der Waals surface area contributed by atoms with E-state index in [1.54, 1.807) is 0 Å². The number of fused-ring (bicyclic) bond motifs is 9. The van der Waals surface area contributed by atoms with Gasteiger partial charge in [0.2, 0.25) is 0 Å². The molecular formula is C57H42N2. The van der Waals surface area contributed by atoms with Gasteiger partial charge >= 0.3 is 0 Å². The number of para-hydroxylation sites is 3. The van der Waals surface area contributed by atoms with Gasteiger partial charge in [-0.15, -0.1) is 0 Å². The summed E-state index contributed by atoms with van der Waals surface area (Å²) in [5.74, 6) is 0.937. The Labute approximate surface area is 345 Å². The van der Waals surface area contributed by atoms with Gasteiger partial charge in [-0.2, -0.15) is 0 Å². The predicted molar refractivity (Wildman–Crippen MR) is 248 cm³/mol. The lowest BCUT2D eigenvalue weighted by atomic mass is 9.78. The maximum Gasteiger partial charge on any atom is 0.145 e. The van der Waals surface area contributed by atoms with Crippen LogP contribution in [-0.2, 0) is 10.8 Å². The third kappa shape index (κ3) is 4.78. The molecular weight excluding hydrogens is 713 g/mol. The molecule has 0 fully saturated rings. The number of imidazole rings is 1. The molecule has 2 nitrogen and oxygen atoms in total. The monoisotopic (exact) mass is 754 g/mol. The summed E-state index contributed by atoms with van der Waals surface area (Å²) in [6.45, 7) is 9.56. The van der Waals surface area contributed by atoms with Gasteiger partial charge in [0.25, 0.3) is 0 Å². The topological polar surface area (TPSA) is 17.8 Å². The van der Waals surface area contributed by atoms with E-state index in [-0.39, 0.29) is 10.8 Å². The Balaban J connectivity index is 1.19. The summed E-state index contributed by atoms with van der Waals surface area (Å²) in [6.07, 6.45) is 0. The molecule has 2 aliphatic carbocycles. The van der Waals surface area contributed by atoms with E-state index >= 15 is 0 Å². The van der Waals surface area contributed by atoms with Crippen molar-refractivity contribution in [1.82, 2.24) is 9.55 Å². The Bertz CT molecular complexity index is 3350. The molecule has 0 unspecified atom stereocenters. The van der Waals surface area contributed by atoms with Crippen molar-refractivity contribution < 1.29 is 0 Å². The molecule has 0 saturated heterocycles. The fraction of sp³-hybridized carbons (Fsp3) is 0.105. The number of hydrogen-bond donors (Lipinski definition) is 0. The SMILES string of the molecule is CC1(C)c2ccccc2-c2cc3c(-c4ccc(-c5nc6ccccc6n5-c5ccccc5)cc4)c4cc5c(cc4c(-c4ccccc4)c3cc21)-c1ccccc1C5(C)C. The average Bonchev–Trinajstić information content (AvgIpc) is 3.85. The molecule has 280 valence electrons. The average molecular weight is 755 g/mol. The van der Waals surface area contributed by atoms with Crippen molar-refractivity contribution in [3.05, 3.63) is 204 Å². The second-order valence-corrected chi connectivity index (χ2v) is 17.5. The highest BCUT2D eigenvalue weighted by atomic mass is 15.1. The van der Waals surface area contributed by atoms with E-state index in [1.807, 2.05) is 0 Å². The number of nitrogens with zero attached hydrogens (tertiary/aromatic N) is 2. The molecule has 10 aromatic rings. The second kappa shape index (κ2) is 12.2. The van der Waals surface area contributed by atoms with Gasteiger partial charge in [0, 0.05) is 22.1 Å². The van der Waals surface area contributed by atoms with Gasteiger partial charge in [-0.3, -0.25) is 4.57 Å². The molecule has 0 spiro atoms. The lowest BCUT2D eigenvalue weighted by molar-refractivity contribution is 0.661. The number of benzene rings is 9. The highest BCUT2D eigenvalue weighted by Crippen LogP contribution is 2.56. The Morgan fingerprint density at radius 3 is 1.39 bits per heavy atom.